The standard InChI is InChI=1S/C17H17F3N6/c18-17(19,20)11-6-8-13(9-7-11)23-16-25-14(10-21)24-15(26-16)22-12-4-2-1-3-5-12/h6-9,12H,1-5H2,(H2,22,23,24,25,26). The zero-order valence-electron chi connectivity index (χ0n) is 13.8. The van der Waals surface area contributed by atoms with Crippen LogP contribution in [0.1, 0.15) is 43.5 Å². The first-order valence-corrected chi connectivity index (χ1v) is 8.31. The second-order valence-corrected chi connectivity index (χ2v) is 6.10. The van der Waals surface area contributed by atoms with Gasteiger partial charge in [-0.15, -0.1) is 0 Å². The van der Waals surface area contributed by atoms with Gasteiger partial charge in [-0.1, -0.05) is 19.3 Å². The number of aromatic nitrogens is 3. The molecular weight excluding hydrogens is 345 g/mol. The van der Waals surface area contributed by atoms with Crippen LogP contribution < -0.4 is 10.6 Å². The minimum Gasteiger partial charge on any atom is -0.351 e. The summed E-state index contributed by atoms with van der Waals surface area (Å²) in [4.78, 5) is 12.2. The van der Waals surface area contributed by atoms with Crippen LogP contribution in [0.25, 0.3) is 0 Å². The Balaban J connectivity index is 1.76. The van der Waals surface area contributed by atoms with E-state index in [0.29, 0.717) is 5.69 Å². The highest BCUT2D eigenvalue weighted by Crippen LogP contribution is 2.30. The number of nitrogens with zero attached hydrogens (tertiary/aromatic N) is 4. The van der Waals surface area contributed by atoms with E-state index in [1.165, 1.54) is 18.6 Å². The first-order chi connectivity index (χ1) is 12.4. The van der Waals surface area contributed by atoms with Crippen molar-refractivity contribution in [2.75, 3.05) is 10.6 Å². The van der Waals surface area contributed by atoms with Crippen molar-refractivity contribution in [1.29, 1.82) is 5.26 Å². The van der Waals surface area contributed by atoms with Gasteiger partial charge in [0.15, 0.2) is 0 Å². The van der Waals surface area contributed by atoms with E-state index in [0.717, 1.165) is 37.8 Å². The average Bonchev–Trinajstić information content (AvgIpc) is 2.62. The molecule has 2 aromatic rings. The van der Waals surface area contributed by atoms with Gasteiger partial charge in [0.25, 0.3) is 0 Å². The summed E-state index contributed by atoms with van der Waals surface area (Å²) in [5.74, 6) is 0.334. The summed E-state index contributed by atoms with van der Waals surface area (Å²) in [6, 6.07) is 6.62. The highest BCUT2D eigenvalue weighted by molar-refractivity contribution is 5.55. The highest BCUT2D eigenvalue weighted by Gasteiger charge is 2.30. The molecule has 1 heterocycles. The molecular formula is C17H17F3N6. The Kier molecular flexibility index (Phi) is 5.21. The summed E-state index contributed by atoms with van der Waals surface area (Å²) in [5.41, 5.74) is -0.354. The van der Waals surface area contributed by atoms with Crippen molar-refractivity contribution in [3.8, 4) is 6.07 Å². The van der Waals surface area contributed by atoms with E-state index in [1.54, 1.807) is 0 Å². The van der Waals surface area contributed by atoms with E-state index < -0.39 is 11.7 Å². The summed E-state index contributed by atoms with van der Waals surface area (Å²) >= 11 is 0. The number of benzene rings is 1. The van der Waals surface area contributed by atoms with Crippen LogP contribution in [0.3, 0.4) is 0 Å². The Labute approximate surface area is 148 Å². The van der Waals surface area contributed by atoms with Crippen molar-refractivity contribution >= 4 is 17.6 Å². The minimum atomic E-state index is -4.39. The lowest BCUT2D eigenvalue weighted by atomic mass is 9.96. The van der Waals surface area contributed by atoms with Gasteiger partial charge >= 0.3 is 6.18 Å². The number of hydrogen-bond donors (Lipinski definition) is 2. The first-order valence-electron chi connectivity index (χ1n) is 8.31. The molecule has 1 aliphatic rings. The van der Waals surface area contributed by atoms with E-state index in [-0.39, 0.29) is 23.8 Å². The van der Waals surface area contributed by atoms with Crippen LogP contribution >= 0.6 is 0 Å². The van der Waals surface area contributed by atoms with Crippen LogP contribution in [-0.2, 0) is 6.18 Å². The lowest BCUT2D eigenvalue weighted by Gasteiger charge is -2.22. The van der Waals surface area contributed by atoms with Crippen LogP contribution in [0.15, 0.2) is 24.3 Å². The molecule has 2 N–H and O–H groups in total. The second-order valence-electron chi connectivity index (χ2n) is 6.10. The molecule has 1 saturated carbocycles. The summed E-state index contributed by atoms with van der Waals surface area (Å²) in [7, 11) is 0. The van der Waals surface area contributed by atoms with E-state index in [2.05, 4.69) is 25.6 Å². The van der Waals surface area contributed by atoms with Crippen LogP contribution in [0.4, 0.5) is 30.8 Å². The third-order valence-electron chi connectivity index (χ3n) is 4.14. The molecule has 26 heavy (non-hydrogen) atoms. The number of nitriles is 1. The summed E-state index contributed by atoms with van der Waals surface area (Å²) in [6.45, 7) is 0. The van der Waals surface area contributed by atoms with Crippen LogP contribution in [0.5, 0.6) is 0 Å². The monoisotopic (exact) mass is 362 g/mol. The SMILES string of the molecule is N#Cc1nc(Nc2ccc(C(F)(F)F)cc2)nc(NC2CCCCC2)n1. The predicted octanol–water partition coefficient (Wildman–Crippen LogP) is 4.25. The van der Waals surface area contributed by atoms with Crippen molar-refractivity contribution in [3.63, 3.8) is 0 Å². The quantitative estimate of drug-likeness (QED) is 0.846. The molecule has 1 aliphatic carbocycles. The largest absolute Gasteiger partial charge is 0.416 e. The van der Waals surface area contributed by atoms with Gasteiger partial charge in [0.2, 0.25) is 17.7 Å². The molecule has 0 bridgehead atoms. The Hall–Kier alpha value is -2.89. The lowest BCUT2D eigenvalue weighted by Crippen LogP contribution is -2.24. The lowest BCUT2D eigenvalue weighted by molar-refractivity contribution is -0.137. The summed E-state index contributed by atoms with van der Waals surface area (Å²) < 4.78 is 37.9. The smallest absolute Gasteiger partial charge is 0.351 e. The number of alkyl halides is 3. The van der Waals surface area contributed by atoms with Crippen molar-refractivity contribution in [2.45, 2.75) is 44.3 Å². The van der Waals surface area contributed by atoms with Crippen LogP contribution in [-0.4, -0.2) is 21.0 Å². The van der Waals surface area contributed by atoms with Gasteiger partial charge in [0.1, 0.15) is 6.07 Å². The minimum absolute atomic E-state index is 0.0623. The fraction of sp³-hybridized carbons (Fsp3) is 0.412. The zero-order valence-corrected chi connectivity index (χ0v) is 13.8. The van der Waals surface area contributed by atoms with E-state index in [9.17, 15) is 13.2 Å². The Morgan fingerprint density at radius 3 is 2.23 bits per heavy atom. The Morgan fingerprint density at radius 2 is 1.62 bits per heavy atom. The van der Waals surface area contributed by atoms with Crippen LogP contribution in [0.2, 0.25) is 0 Å². The third-order valence-corrected chi connectivity index (χ3v) is 4.14. The van der Waals surface area contributed by atoms with Gasteiger partial charge in [-0.2, -0.15) is 33.4 Å². The van der Waals surface area contributed by atoms with Crippen molar-refractivity contribution in [1.82, 2.24) is 15.0 Å². The van der Waals surface area contributed by atoms with Crippen molar-refractivity contribution < 1.29 is 13.2 Å². The molecule has 0 unspecified atom stereocenters. The van der Waals surface area contributed by atoms with Gasteiger partial charge in [-0.25, -0.2) is 0 Å². The summed E-state index contributed by atoms with van der Waals surface area (Å²) in [5, 5.41) is 15.1. The molecule has 1 aromatic carbocycles. The van der Waals surface area contributed by atoms with Crippen LogP contribution in [0, 0.1) is 11.3 Å². The maximum atomic E-state index is 12.6. The number of rotatable bonds is 4. The number of nitrogens with one attached hydrogen (secondary N) is 2. The first kappa shape index (κ1) is 17.9. The molecule has 6 nitrogen and oxygen atoms in total. The van der Waals surface area contributed by atoms with Crippen molar-refractivity contribution in [2.24, 2.45) is 0 Å². The highest BCUT2D eigenvalue weighted by atomic mass is 19.4. The van der Waals surface area contributed by atoms with Gasteiger partial charge in [-0.3, -0.25) is 0 Å². The molecule has 136 valence electrons. The topological polar surface area (TPSA) is 86.5 Å². The molecule has 0 spiro atoms. The van der Waals surface area contributed by atoms with Gasteiger partial charge in [-0.05, 0) is 37.1 Å². The van der Waals surface area contributed by atoms with E-state index in [4.69, 9.17) is 5.26 Å². The molecule has 9 heteroatoms. The maximum Gasteiger partial charge on any atom is 0.416 e. The second kappa shape index (κ2) is 7.56. The Morgan fingerprint density at radius 1 is 0.962 bits per heavy atom. The molecule has 0 atom stereocenters. The number of halogens is 3. The van der Waals surface area contributed by atoms with E-state index in [1.807, 2.05) is 6.07 Å². The normalized spacial score (nSPS) is 15.3. The molecule has 0 radical (unpaired) electrons. The molecule has 0 aliphatic heterocycles. The van der Waals surface area contributed by atoms with Gasteiger partial charge < -0.3 is 10.6 Å². The molecule has 1 fully saturated rings. The third kappa shape index (κ3) is 4.59. The number of anilines is 3. The van der Waals surface area contributed by atoms with Gasteiger partial charge in [0.05, 0.1) is 5.56 Å². The fourth-order valence-electron chi connectivity index (χ4n) is 2.85. The molecule has 0 amide bonds. The summed E-state index contributed by atoms with van der Waals surface area (Å²) in [6.07, 6.45) is 1.09. The van der Waals surface area contributed by atoms with Crippen molar-refractivity contribution in [3.05, 3.63) is 35.7 Å². The number of hydrogen-bond acceptors (Lipinski definition) is 6. The van der Waals surface area contributed by atoms with E-state index >= 15 is 0 Å². The zero-order chi connectivity index (χ0) is 18.6. The maximum absolute atomic E-state index is 12.6. The molecule has 3 rings (SSSR count). The molecule has 1 aromatic heterocycles. The van der Waals surface area contributed by atoms with Gasteiger partial charge in [0, 0.05) is 11.7 Å². The molecule has 0 saturated heterocycles. The predicted molar refractivity (Wildman–Crippen MR) is 89.8 cm³/mol. The Bertz CT molecular complexity index is 792. The fourth-order valence-corrected chi connectivity index (χ4v) is 2.85. The average molecular weight is 362 g/mol.